The third-order valence-electron chi connectivity index (χ3n) is 8.87. The molecule has 1 aromatic heterocycles. The largest absolute Gasteiger partial charge is 0.416 e. The van der Waals surface area contributed by atoms with Crippen molar-refractivity contribution in [2.75, 3.05) is 50.7 Å². The molecule has 0 saturated carbocycles. The standard InChI is InChI=1S/C34H30F7N5O2.ClH/c35-26-5-7-27(8-6-26)43-9-11-44(12-10-43)31(21-47)45-13-14-46(28(20-45)17-23-19-42-30-4-2-1-3-29(23)30)32(48)22-15-24(33(36,37)38)18-25(16-22)34(39,40)41;/h1-8,15-16,18-19,28,42H,9-14,17,20H2;1H/t28-;/m1./s1. The van der Waals surface area contributed by atoms with Crippen LogP contribution in [0.25, 0.3) is 10.9 Å². The number of alkyl halides is 6. The van der Waals surface area contributed by atoms with Crippen molar-refractivity contribution in [3.8, 4) is 0 Å². The first-order chi connectivity index (χ1) is 22.8. The van der Waals surface area contributed by atoms with Gasteiger partial charge in [0.2, 0.25) is 0 Å². The van der Waals surface area contributed by atoms with Crippen molar-refractivity contribution in [1.82, 2.24) is 19.7 Å². The number of aromatic amines is 1. The van der Waals surface area contributed by atoms with Gasteiger partial charge in [-0.1, -0.05) is 18.2 Å². The number of anilines is 1. The van der Waals surface area contributed by atoms with E-state index < -0.39 is 41.0 Å². The van der Waals surface area contributed by atoms with Crippen molar-refractivity contribution < 1.29 is 40.3 Å². The van der Waals surface area contributed by atoms with Gasteiger partial charge in [0.25, 0.3) is 5.91 Å². The summed E-state index contributed by atoms with van der Waals surface area (Å²) in [5.41, 5.74) is -1.42. The van der Waals surface area contributed by atoms with Gasteiger partial charge in [0.15, 0.2) is 11.8 Å². The molecule has 0 aliphatic carbocycles. The number of amides is 1. The van der Waals surface area contributed by atoms with Gasteiger partial charge < -0.3 is 24.6 Å². The van der Waals surface area contributed by atoms with Crippen LogP contribution in [-0.2, 0) is 23.6 Å². The second-order valence-corrected chi connectivity index (χ2v) is 11.8. The normalized spacial score (nSPS) is 17.2. The monoisotopic (exact) mass is 709 g/mol. The number of H-pyrrole nitrogens is 1. The van der Waals surface area contributed by atoms with Crippen LogP contribution in [0.4, 0.5) is 36.4 Å². The number of hydrogen-bond acceptors (Lipinski definition) is 5. The van der Waals surface area contributed by atoms with E-state index in [9.17, 15) is 40.3 Å². The molecule has 2 saturated heterocycles. The number of para-hydroxylation sites is 1. The zero-order valence-electron chi connectivity index (χ0n) is 25.8. The maximum atomic E-state index is 13.8. The van der Waals surface area contributed by atoms with E-state index in [-0.39, 0.29) is 56.2 Å². The number of benzene rings is 3. The highest BCUT2D eigenvalue weighted by Gasteiger charge is 2.40. The highest BCUT2D eigenvalue weighted by molar-refractivity contribution is 5.95. The molecule has 3 heterocycles. The predicted molar refractivity (Wildman–Crippen MR) is 171 cm³/mol. The summed E-state index contributed by atoms with van der Waals surface area (Å²) in [5.74, 6) is 0.959. The molecule has 0 spiro atoms. The number of carbonyl (C=O) groups excluding carboxylic acids is 2. The molecule has 15 heteroatoms. The lowest BCUT2D eigenvalue weighted by Gasteiger charge is -2.46. The second-order valence-electron chi connectivity index (χ2n) is 11.8. The van der Waals surface area contributed by atoms with Crippen molar-refractivity contribution in [1.29, 1.82) is 0 Å². The minimum absolute atomic E-state index is 0. The molecule has 4 aromatic rings. The van der Waals surface area contributed by atoms with E-state index in [1.807, 2.05) is 35.1 Å². The highest BCUT2D eigenvalue weighted by Crippen LogP contribution is 2.37. The molecular formula is C34H31ClF7N5O2. The third-order valence-corrected chi connectivity index (χ3v) is 8.87. The van der Waals surface area contributed by atoms with Crippen LogP contribution in [0, 0.1) is 5.82 Å². The van der Waals surface area contributed by atoms with Crippen molar-refractivity contribution in [2.24, 2.45) is 0 Å². The molecule has 49 heavy (non-hydrogen) atoms. The Kier molecular flexibility index (Phi) is 10.2. The van der Waals surface area contributed by atoms with Crippen LogP contribution in [0.2, 0.25) is 0 Å². The summed E-state index contributed by atoms with van der Waals surface area (Å²) in [4.78, 5) is 36.4. The molecular weight excluding hydrogens is 679 g/mol. The lowest BCUT2D eigenvalue weighted by Crippen LogP contribution is -2.58. The van der Waals surface area contributed by atoms with Crippen LogP contribution in [0.1, 0.15) is 27.0 Å². The van der Waals surface area contributed by atoms with E-state index in [2.05, 4.69) is 9.88 Å². The number of aromatic nitrogens is 1. The summed E-state index contributed by atoms with van der Waals surface area (Å²) in [6.45, 7) is 2.07. The molecule has 1 amide bonds. The number of carbonyl (C=O) groups is 1. The summed E-state index contributed by atoms with van der Waals surface area (Å²) in [6, 6.07) is 13.7. The summed E-state index contributed by atoms with van der Waals surface area (Å²) < 4.78 is 95.3. The molecule has 6 rings (SSSR count). The number of piperazine rings is 2. The summed E-state index contributed by atoms with van der Waals surface area (Å²) in [7, 11) is 0. The van der Waals surface area contributed by atoms with Gasteiger partial charge in [-0.05, 0) is 60.5 Å². The Labute approximate surface area is 283 Å². The molecule has 2 fully saturated rings. The van der Waals surface area contributed by atoms with Crippen LogP contribution in [0.3, 0.4) is 0 Å². The first-order valence-corrected chi connectivity index (χ1v) is 15.2. The molecule has 2 aliphatic rings. The summed E-state index contributed by atoms with van der Waals surface area (Å²) in [5, 5.41) is 0.850. The maximum Gasteiger partial charge on any atom is 0.416 e. The number of fused-ring (bicyclic) bond motifs is 1. The Balaban J connectivity index is 0.00000468. The minimum atomic E-state index is -5.11. The Morgan fingerprint density at radius 1 is 0.816 bits per heavy atom. The topological polar surface area (TPSA) is 62.9 Å². The van der Waals surface area contributed by atoms with Gasteiger partial charge >= 0.3 is 12.4 Å². The Morgan fingerprint density at radius 3 is 2.04 bits per heavy atom. The lowest BCUT2D eigenvalue weighted by molar-refractivity contribution is -0.143. The molecule has 0 bridgehead atoms. The average molecular weight is 710 g/mol. The first kappa shape index (κ1) is 35.6. The van der Waals surface area contributed by atoms with E-state index in [1.54, 1.807) is 23.2 Å². The fraction of sp³-hybridized carbons (Fsp3) is 0.324. The zero-order valence-corrected chi connectivity index (χ0v) is 26.6. The van der Waals surface area contributed by atoms with Crippen LogP contribution >= 0.6 is 12.4 Å². The predicted octanol–water partition coefficient (Wildman–Crippen LogP) is 6.63. The van der Waals surface area contributed by atoms with E-state index >= 15 is 0 Å². The number of nitrogens with one attached hydrogen (secondary N) is 1. The molecule has 260 valence electrons. The van der Waals surface area contributed by atoms with E-state index in [1.165, 1.54) is 17.0 Å². The van der Waals surface area contributed by atoms with Crippen molar-refractivity contribution in [3.63, 3.8) is 0 Å². The SMILES string of the molecule is Cl.O=C=C(N1CCN(c2ccc(F)cc2)CC1)N1CCN(C(=O)c2cc(C(F)(F)F)cc(C(F)(F)F)c2)[C@H](Cc2c[nH]c3ccccc23)C1. The van der Waals surface area contributed by atoms with Gasteiger partial charge in [0, 0.05) is 74.2 Å². The highest BCUT2D eigenvalue weighted by atomic mass is 35.5. The number of nitrogens with zero attached hydrogens (tertiary/aromatic N) is 4. The Morgan fingerprint density at radius 2 is 1.43 bits per heavy atom. The molecule has 1 N–H and O–H groups in total. The van der Waals surface area contributed by atoms with Gasteiger partial charge in [0.05, 0.1) is 17.2 Å². The number of halogens is 8. The molecule has 2 aliphatic heterocycles. The second kappa shape index (κ2) is 14.0. The van der Waals surface area contributed by atoms with Gasteiger partial charge in [0.1, 0.15) is 5.82 Å². The van der Waals surface area contributed by atoms with Crippen LogP contribution < -0.4 is 4.90 Å². The number of rotatable bonds is 6. The van der Waals surface area contributed by atoms with Crippen molar-refractivity contribution in [2.45, 2.75) is 24.8 Å². The van der Waals surface area contributed by atoms with Crippen molar-refractivity contribution >= 4 is 40.8 Å². The van der Waals surface area contributed by atoms with Gasteiger partial charge in [-0.3, -0.25) is 4.79 Å². The fourth-order valence-corrected chi connectivity index (χ4v) is 6.45. The van der Waals surface area contributed by atoms with Gasteiger partial charge in [-0.25, -0.2) is 9.18 Å². The fourth-order valence-electron chi connectivity index (χ4n) is 6.45. The summed E-state index contributed by atoms with van der Waals surface area (Å²) >= 11 is 0. The first-order valence-electron chi connectivity index (χ1n) is 15.2. The summed E-state index contributed by atoms with van der Waals surface area (Å²) in [6.07, 6.45) is -8.25. The van der Waals surface area contributed by atoms with Crippen molar-refractivity contribution in [3.05, 3.63) is 107 Å². The molecule has 3 aromatic carbocycles. The Hall–Kier alpha value is -4.68. The quantitative estimate of drug-likeness (QED) is 0.180. The van der Waals surface area contributed by atoms with E-state index in [0.29, 0.717) is 38.3 Å². The molecule has 0 unspecified atom stereocenters. The Bertz CT molecular complexity index is 1810. The van der Waals surface area contributed by atoms with Crippen LogP contribution in [0.15, 0.2) is 78.7 Å². The van der Waals surface area contributed by atoms with E-state index in [4.69, 9.17) is 0 Å². The van der Waals surface area contributed by atoms with Gasteiger partial charge in [-0.2, -0.15) is 26.3 Å². The third kappa shape index (κ3) is 7.65. The maximum absolute atomic E-state index is 13.8. The smallest absolute Gasteiger partial charge is 0.368 e. The van der Waals surface area contributed by atoms with Crippen LogP contribution in [-0.4, -0.2) is 83.4 Å². The lowest BCUT2D eigenvalue weighted by atomic mass is 9.98. The average Bonchev–Trinajstić information content (AvgIpc) is 3.47. The van der Waals surface area contributed by atoms with Gasteiger partial charge in [-0.15, -0.1) is 12.4 Å². The van der Waals surface area contributed by atoms with E-state index in [0.717, 1.165) is 22.2 Å². The molecule has 0 radical (unpaired) electrons. The molecule has 7 nitrogen and oxygen atoms in total. The molecule has 1 atom stereocenters. The zero-order chi connectivity index (χ0) is 34.2. The van der Waals surface area contributed by atoms with Crippen LogP contribution in [0.5, 0.6) is 0 Å². The minimum Gasteiger partial charge on any atom is -0.368 e. The number of hydrogen-bond donors (Lipinski definition) is 1.